The summed E-state index contributed by atoms with van der Waals surface area (Å²) in [4.78, 5) is 23.2. The van der Waals surface area contributed by atoms with Crippen LogP contribution in [-0.2, 0) is 16.1 Å². The lowest BCUT2D eigenvalue weighted by molar-refractivity contribution is -0.128. The average molecular weight is 344 g/mol. The van der Waals surface area contributed by atoms with Crippen molar-refractivity contribution in [2.45, 2.75) is 6.54 Å². The van der Waals surface area contributed by atoms with Gasteiger partial charge in [0.05, 0.1) is 25.3 Å². The minimum atomic E-state index is -0.127. The highest BCUT2D eigenvalue weighted by Gasteiger charge is 2.43. The first-order valence-corrected chi connectivity index (χ1v) is 9.12. The van der Waals surface area contributed by atoms with E-state index in [1.165, 1.54) is 5.56 Å². The maximum atomic E-state index is 12.7. The summed E-state index contributed by atoms with van der Waals surface area (Å²) in [6.07, 6.45) is 4.74. The summed E-state index contributed by atoms with van der Waals surface area (Å²) < 4.78 is 5.72. The summed E-state index contributed by atoms with van der Waals surface area (Å²) in [5, 5.41) is 7.18. The number of carbonyl (C=O) groups excluding carboxylic acids is 1. The topological polar surface area (TPSA) is 67.3 Å². The highest BCUT2D eigenvalue weighted by Crippen LogP contribution is 2.35. The van der Waals surface area contributed by atoms with Crippen molar-refractivity contribution in [3.05, 3.63) is 41.0 Å². The van der Waals surface area contributed by atoms with Gasteiger partial charge in [-0.1, -0.05) is 0 Å². The smallest absolute Gasteiger partial charge is 0.231 e. The molecular weight excluding hydrogens is 324 g/mol. The molecule has 0 bridgehead atoms. The summed E-state index contributed by atoms with van der Waals surface area (Å²) in [6, 6.07) is 2.17. The van der Waals surface area contributed by atoms with Crippen LogP contribution in [0.25, 0.3) is 0 Å². The van der Waals surface area contributed by atoms with Gasteiger partial charge in [0.1, 0.15) is 0 Å². The van der Waals surface area contributed by atoms with Gasteiger partial charge in [-0.05, 0) is 34.2 Å². The third-order valence-electron chi connectivity index (χ3n) is 4.85. The Morgan fingerprint density at radius 1 is 1.38 bits per heavy atom. The first-order valence-electron chi connectivity index (χ1n) is 8.17. The molecule has 0 aromatic carbocycles. The van der Waals surface area contributed by atoms with Crippen LogP contribution in [0.3, 0.4) is 0 Å². The van der Waals surface area contributed by atoms with Gasteiger partial charge in [0.25, 0.3) is 0 Å². The Hall–Kier alpha value is -1.83. The Bertz CT molecular complexity index is 679. The van der Waals surface area contributed by atoms with Crippen LogP contribution < -0.4 is 5.32 Å². The van der Waals surface area contributed by atoms with Crippen LogP contribution >= 0.6 is 11.3 Å². The van der Waals surface area contributed by atoms with E-state index in [0.29, 0.717) is 24.3 Å². The number of nitrogens with one attached hydrogen (secondary N) is 1. The van der Waals surface area contributed by atoms with E-state index in [9.17, 15) is 4.79 Å². The molecule has 0 aliphatic carbocycles. The molecule has 2 aromatic heterocycles. The average Bonchev–Trinajstić information content (AvgIpc) is 3.24. The largest absolute Gasteiger partial charge is 0.380 e. The SMILES string of the molecule is O=C(Nc1cnccn1)[C@@H]1COC[C@H]2CN(Cc3ccsc3)C[C@H]21. The molecule has 3 atom stereocenters. The van der Waals surface area contributed by atoms with Crippen molar-refractivity contribution in [1.82, 2.24) is 14.9 Å². The molecule has 2 aromatic rings. The molecule has 4 heterocycles. The Kier molecular flexibility index (Phi) is 4.55. The summed E-state index contributed by atoms with van der Waals surface area (Å²) in [5.74, 6) is 1.13. The summed E-state index contributed by atoms with van der Waals surface area (Å²) in [6.45, 7) is 4.13. The second kappa shape index (κ2) is 6.96. The Morgan fingerprint density at radius 3 is 3.12 bits per heavy atom. The molecule has 126 valence electrons. The van der Waals surface area contributed by atoms with E-state index in [1.54, 1.807) is 29.9 Å². The Morgan fingerprint density at radius 2 is 2.33 bits per heavy atom. The molecule has 7 heteroatoms. The lowest BCUT2D eigenvalue weighted by Gasteiger charge is -2.31. The number of aromatic nitrogens is 2. The second-order valence-corrected chi connectivity index (χ2v) is 7.25. The van der Waals surface area contributed by atoms with Gasteiger partial charge >= 0.3 is 0 Å². The van der Waals surface area contributed by atoms with Crippen molar-refractivity contribution in [3.63, 3.8) is 0 Å². The molecule has 0 radical (unpaired) electrons. The molecule has 24 heavy (non-hydrogen) atoms. The van der Waals surface area contributed by atoms with E-state index >= 15 is 0 Å². The summed E-state index contributed by atoms with van der Waals surface area (Å²) >= 11 is 1.73. The number of nitrogens with zero attached hydrogens (tertiary/aromatic N) is 3. The molecule has 2 aliphatic heterocycles. The summed E-state index contributed by atoms with van der Waals surface area (Å²) in [5.41, 5.74) is 1.35. The number of likely N-dealkylation sites (tertiary alicyclic amines) is 1. The molecule has 0 unspecified atom stereocenters. The molecule has 2 fully saturated rings. The molecule has 0 spiro atoms. The maximum absolute atomic E-state index is 12.7. The lowest BCUT2D eigenvalue weighted by Crippen LogP contribution is -2.42. The van der Waals surface area contributed by atoms with Crippen LogP contribution in [0.4, 0.5) is 5.82 Å². The van der Waals surface area contributed by atoms with E-state index in [2.05, 4.69) is 37.0 Å². The molecular formula is C17H20N4O2S. The first kappa shape index (κ1) is 15.7. The number of anilines is 1. The maximum Gasteiger partial charge on any atom is 0.231 e. The molecule has 1 N–H and O–H groups in total. The van der Waals surface area contributed by atoms with E-state index < -0.39 is 0 Å². The molecule has 0 saturated carbocycles. The zero-order chi connectivity index (χ0) is 16.4. The van der Waals surface area contributed by atoms with E-state index in [4.69, 9.17) is 4.74 Å². The van der Waals surface area contributed by atoms with Crippen molar-refractivity contribution in [3.8, 4) is 0 Å². The zero-order valence-electron chi connectivity index (χ0n) is 13.3. The number of ether oxygens (including phenoxy) is 1. The molecule has 2 aliphatic rings. The fraction of sp³-hybridized carbons (Fsp3) is 0.471. The van der Waals surface area contributed by atoms with Gasteiger partial charge < -0.3 is 10.1 Å². The van der Waals surface area contributed by atoms with Gasteiger partial charge in [-0.15, -0.1) is 0 Å². The monoisotopic (exact) mass is 344 g/mol. The Balaban J connectivity index is 1.42. The van der Waals surface area contributed by atoms with Gasteiger partial charge in [0.15, 0.2) is 5.82 Å². The highest BCUT2D eigenvalue weighted by atomic mass is 32.1. The standard InChI is InChI=1S/C17H20N4O2S/c22-17(20-16-5-18-2-3-19-16)15-10-23-9-13-7-21(8-14(13)15)6-12-1-4-24-11-12/h1-5,11,13-15H,6-10H2,(H,19,20,22)/t13-,14-,15-/m1/s1. The van der Waals surface area contributed by atoms with Crippen LogP contribution in [0.2, 0.25) is 0 Å². The van der Waals surface area contributed by atoms with Crippen LogP contribution in [-0.4, -0.2) is 47.1 Å². The number of thiophene rings is 1. The van der Waals surface area contributed by atoms with Crippen molar-refractivity contribution < 1.29 is 9.53 Å². The van der Waals surface area contributed by atoms with E-state index in [1.807, 2.05) is 0 Å². The molecule has 6 nitrogen and oxygen atoms in total. The first-order chi connectivity index (χ1) is 11.8. The number of carbonyl (C=O) groups is 1. The quantitative estimate of drug-likeness (QED) is 0.917. The van der Waals surface area contributed by atoms with Crippen LogP contribution in [0.1, 0.15) is 5.56 Å². The van der Waals surface area contributed by atoms with Gasteiger partial charge in [0, 0.05) is 32.0 Å². The molecule has 2 saturated heterocycles. The Labute approximate surface area is 144 Å². The van der Waals surface area contributed by atoms with Crippen molar-refractivity contribution in [1.29, 1.82) is 0 Å². The van der Waals surface area contributed by atoms with Gasteiger partial charge in [-0.3, -0.25) is 14.7 Å². The predicted octanol–water partition coefficient (Wildman–Crippen LogP) is 1.87. The fourth-order valence-corrected chi connectivity index (χ4v) is 4.37. The number of hydrogen-bond acceptors (Lipinski definition) is 6. The number of amides is 1. The number of rotatable bonds is 4. The van der Waals surface area contributed by atoms with Crippen molar-refractivity contribution in [2.24, 2.45) is 17.8 Å². The normalized spacial score (nSPS) is 26.9. The molecule has 4 rings (SSSR count). The highest BCUT2D eigenvalue weighted by molar-refractivity contribution is 7.07. The second-order valence-electron chi connectivity index (χ2n) is 6.47. The lowest BCUT2D eigenvalue weighted by atomic mass is 9.82. The van der Waals surface area contributed by atoms with E-state index in [0.717, 1.165) is 26.2 Å². The minimum Gasteiger partial charge on any atom is -0.380 e. The fourth-order valence-electron chi connectivity index (χ4n) is 3.71. The third kappa shape index (κ3) is 3.33. The van der Waals surface area contributed by atoms with Crippen LogP contribution in [0.15, 0.2) is 35.4 Å². The van der Waals surface area contributed by atoms with Crippen LogP contribution in [0, 0.1) is 17.8 Å². The zero-order valence-corrected chi connectivity index (χ0v) is 14.1. The van der Waals surface area contributed by atoms with Gasteiger partial charge in [-0.25, -0.2) is 4.98 Å². The van der Waals surface area contributed by atoms with Crippen molar-refractivity contribution >= 4 is 23.1 Å². The van der Waals surface area contributed by atoms with Gasteiger partial charge in [-0.2, -0.15) is 11.3 Å². The summed E-state index contributed by atoms with van der Waals surface area (Å²) in [7, 11) is 0. The van der Waals surface area contributed by atoms with Crippen LogP contribution in [0.5, 0.6) is 0 Å². The predicted molar refractivity (Wildman–Crippen MR) is 91.5 cm³/mol. The molecule has 1 amide bonds. The minimum absolute atomic E-state index is 0.0115. The number of fused-ring (bicyclic) bond motifs is 1. The van der Waals surface area contributed by atoms with Crippen molar-refractivity contribution in [2.75, 3.05) is 31.6 Å². The van der Waals surface area contributed by atoms with E-state index in [-0.39, 0.29) is 11.8 Å². The third-order valence-corrected chi connectivity index (χ3v) is 5.58. The number of hydrogen-bond donors (Lipinski definition) is 1. The van der Waals surface area contributed by atoms with Gasteiger partial charge in [0.2, 0.25) is 5.91 Å².